The molecule has 1 fully saturated rings. The molecule has 0 N–H and O–H groups in total. The fraction of sp³-hybridized carbons (Fsp3) is 0.154. The van der Waals surface area contributed by atoms with E-state index in [9.17, 15) is 9.59 Å². The molecule has 4 aromatic rings. The zero-order valence-electron chi connectivity index (χ0n) is 18.5. The second-order valence-electron chi connectivity index (χ2n) is 8.33. The number of amides is 2. The lowest BCUT2D eigenvalue weighted by Crippen LogP contribution is -2.35. The highest BCUT2D eigenvalue weighted by molar-refractivity contribution is 6.21. The molecule has 0 saturated carbocycles. The summed E-state index contributed by atoms with van der Waals surface area (Å²) in [6.45, 7) is 2.01. The van der Waals surface area contributed by atoms with Crippen LogP contribution < -0.4 is 4.74 Å². The van der Waals surface area contributed by atoms with Crippen LogP contribution >= 0.6 is 0 Å². The smallest absolute Gasteiger partial charge is 0.276 e. The topological polar surface area (TPSA) is 88.5 Å². The number of nitrogens with zero attached hydrogens (tertiary/aromatic N) is 4. The van der Waals surface area contributed by atoms with Crippen molar-refractivity contribution in [3.63, 3.8) is 0 Å². The number of hydrogen-bond donors (Lipinski definition) is 0. The lowest BCUT2D eigenvalue weighted by molar-refractivity contribution is 0.0332. The van der Waals surface area contributed by atoms with Gasteiger partial charge in [-0.3, -0.25) is 9.59 Å². The SMILES string of the molecule is COc1ccc([C@H]2[C@H](c3nc(-c4ccc(C)cc4)no3)N2N2C(=O)c3ccccc3C2=O)cc1. The highest BCUT2D eigenvalue weighted by Gasteiger charge is 2.61. The van der Waals surface area contributed by atoms with Crippen molar-refractivity contribution >= 4 is 11.8 Å². The number of hydrogen-bond acceptors (Lipinski definition) is 7. The molecule has 0 bridgehead atoms. The molecule has 0 aliphatic carbocycles. The van der Waals surface area contributed by atoms with Gasteiger partial charge in [-0.1, -0.05) is 59.3 Å². The number of rotatable bonds is 5. The standard InChI is InChI=1S/C26H20N4O4/c1-15-7-9-17(10-8-15)23-27-24(34-28-23)22-21(16-11-13-18(33-2)14-12-16)29(22)30-25(31)19-5-3-4-6-20(19)26(30)32/h3-14,21-22H,1-2H3/t21-,22+,29?/m0/s1. The van der Waals surface area contributed by atoms with Gasteiger partial charge in [-0.2, -0.15) is 9.99 Å². The fourth-order valence-electron chi connectivity index (χ4n) is 4.41. The molecule has 2 amide bonds. The molecular weight excluding hydrogens is 432 g/mol. The largest absolute Gasteiger partial charge is 0.497 e. The van der Waals surface area contributed by atoms with Gasteiger partial charge in [-0.25, -0.2) is 5.01 Å². The Morgan fingerprint density at radius 2 is 1.50 bits per heavy atom. The molecule has 6 rings (SSSR count). The normalized spacial score (nSPS) is 21.0. The van der Waals surface area contributed by atoms with Crippen LogP contribution in [0, 0.1) is 6.92 Å². The number of aromatic nitrogens is 2. The number of imide groups is 1. The maximum atomic E-state index is 13.2. The molecular formula is C26H20N4O4. The molecule has 3 heterocycles. The zero-order valence-corrected chi connectivity index (χ0v) is 18.5. The highest BCUT2D eigenvalue weighted by atomic mass is 16.5. The average molecular weight is 452 g/mol. The zero-order chi connectivity index (χ0) is 23.4. The first kappa shape index (κ1) is 20.3. The van der Waals surface area contributed by atoms with Crippen molar-refractivity contribution in [1.29, 1.82) is 0 Å². The minimum absolute atomic E-state index is 0.320. The summed E-state index contributed by atoms with van der Waals surface area (Å²) in [6, 6.07) is 21.4. The summed E-state index contributed by atoms with van der Waals surface area (Å²) in [5.41, 5.74) is 3.63. The van der Waals surface area contributed by atoms with Crippen LogP contribution in [-0.4, -0.2) is 39.1 Å². The Kier molecular flexibility index (Phi) is 4.56. The molecule has 8 nitrogen and oxygen atoms in total. The first-order chi connectivity index (χ1) is 16.6. The lowest BCUT2D eigenvalue weighted by atomic mass is 10.1. The number of methoxy groups -OCH3 is 1. The van der Waals surface area contributed by atoms with E-state index in [1.165, 1.54) is 5.01 Å². The molecule has 1 aromatic heterocycles. The molecule has 3 atom stereocenters. The number of fused-ring (bicyclic) bond motifs is 1. The van der Waals surface area contributed by atoms with Crippen LogP contribution in [0.1, 0.15) is 49.8 Å². The first-order valence-corrected chi connectivity index (χ1v) is 10.9. The van der Waals surface area contributed by atoms with Crippen LogP contribution in [0.15, 0.2) is 77.3 Å². The third kappa shape index (κ3) is 3.11. The minimum Gasteiger partial charge on any atom is -0.497 e. The minimum atomic E-state index is -0.456. The van der Waals surface area contributed by atoms with E-state index in [4.69, 9.17) is 9.26 Å². The van der Waals surface area contributed by atoms with Crippen molar-refractivity contribution in [2.75, 3.05) is 7.11 Å². The van der Waals surface area contributed by atoms with E-state index in [0.717, 1.165) is 16.7 Å². The Morgan fingerprint density at radius 3 is 2.12 bits per heavy atom. The van der Waals surface area contributed by atoms with Crippen LogP contribution in [0.4, 0.5) is 0 Å². The van der Waals surface area contributed by atoms with Gasteiger partial charge < -0.3 is 9.26 Å². The summed E-state index contributed by atoms with van der Waals surface area (Å²) in [5.74, 6) is 0.790. The van der Waals surface area contributed by atoms with Crippen molar-refractivity contribution in [2.45, 2.75) is 19.0 Å². The number of benzene rings is 3. The fourth-order valence-corrected chi connectivity index (χ4v) is 4.41. The second-order valence-corrected chi connectivity index (χ2v) is 8.33. The molecule has 0 spiro atoms. The van der Waals surface area contributed by atoms with Gasteiger partial charge in [0.05, 0.1) is 24.3 Å². The number of hydrazine groups is 1. The van der Waals surface area contributed by atoms with Crippen molar-refractivity contribution in [1.82, 2.24) is 20.2 Å². The molecule has 1 unspecified atom stereocenters. The maximum Gasteiger partial charge on any atom is 0.276 e. The molecule has 2 aliphatic heterocycles. The molecule has 0 radical (unpaired) electrons. The summed E-state index contributed by atoms with van der Waals surface area (Å²) in [4.78, 5) is 31.0. The van der Waals surface area contributed by atoms with Crippen LogP contribution in [0.3, 0.4) is 0 Å². The van der Waals surface area contributed by atoms with Crippen LogP contribution in [0.5, 0.6) is 5.75 Å². The Labute approximate surface area is 195 Å². The molecule has 168 valence electrons. The van der Waals surface area contributed by atoms with Crippen LogP contribution in [-0.2, 0) is 0 Å². The van der Waals surface area contributed by atoms with Crippen molar-refractivity contribution < 1.29 is 18.8 Å². The Bertz CT molecular complexity index is 1380. The van der Waals surface area contributed by atoms with Gasteiger partial charge in [0.15, 0.2) is 0 Å². The maximum absolute atomic E-state index is 13.2. The molecule has 1 saturated heterocycles. The lowest BCUT2D eigenvalue weighted by Gasteiger charge is -2.16. The van der Waals surface area contributed by atoms with Crippen molar-refractivity contribution in [3.8, 4) is 17.1 Å². The predicted octanol–water partition coefficient (Wildman–Crippen LogP) is 4.36. The molecule has 3 aromatic carbocycles. The molecule has 8 heteroatoms. The number of aryl methyl sites for hydroxylation is 1. The van der Waals surface area contributed by atoms with Gasteiger partial charge >= 0.3 is 0 Å². The summed E-state index contributed by atoms with van der Waals surface area (Å²) >= 11 is 0. The third-order valence-corrected chi connectivity index (χ3v) is 6.24. The predicted molar refractivity (Wildman–Crippen MR) is 122 cm³/mol. The molecule has 34 heavy (non-hydrogen) atoms. The van der Waals surface area contributed by atoms with Crippen LogP contribution in [0.2, 0.25) is 0 Å². The Morgan fingerprint density at radius 1 is 0.853 bits per heavy atom. The van der Waals surface area contributed by atoms with E-state index >= 15 is 0 Å². The first-order valence-electron chi connectivity index (χ1n) is 10.9. The second kappa shape index (κ2) is 7.64. The van der Waals surface area contributed by atoms with E-state index in [0.29, 0.717) is 28.6 Å². The van der Waals surface area contributed by atoms with Gasteiger partial charge in [-0.05, 0) is 36.8 Å². The average Bonchev–Trinajstić information content (AvgIpc) is 3.27. The van der Waals surface area contributed by atoms with Gasteiger partial charge in [0.1, 0.15) is 11.8 Å². The summed E-state index contributed by atoms with van der Waals surface area (Å²) in [5, 5.41) is 7.05. The number of ether oxygens (including phenoxy) is 1. The summed E-state index contributed by atoms with van der Waals surface area (Å²) in [6.07, 6.45) is 0. The Balaban J connectivity index is 1.38. The van der Waals surface area contributed by atoms with Gasteiger partial charge in [0.2, 0.25) is 11.7 Å². The van der Waals surface area contributed by atoms with Gasteiger partial charge in [0.25, 0.3) is 11.8 Å². The van der Waals surface area contributed by atoms with E-state index in [-0.39, 0.29) is 17.9 Å². The number of carbonyl (C=O) groups is 2. The van der Waals surface area contributed by atoms with E-state index in [2.05, 4.69) is 10.1 Å². The van der Waals surface area contributed by atoms with E-state index < -0.39 is 6.04 Å². The summed E-state index contributed by atoms with van der Waals surface area (Å²) in [7, 11) is 1.60. The molecule has 2 aliphatic rings. The van der Waals surface area contributed by atoms with Crippen molar-refractivity contribution in [3.05, 3.63) is 101 Å². The van der Waals surface area contributed by atoms with Crippen LogP contribution in [0.25, 0.3) is 11.4 Å². The highest BCUT2D eigenvalue weighted by Crippen LogP contribution is 2.56. The Hall–Kier alpha value is -4.30. The van der Waals surface area contributed by atoms with Crippen molar-refractivity contribution in [2.24, 2.45) is 0 Å². The summed E-state index contributed by atoms with van der Waals surface area (Å²) < 4.78 is 10.9. The van der Waals surface area contributed by atoms with Gasteiger partial charge in [0, 0.05) is 5.56 Å². The number of carbonyl (C=O) groups excluding carboxylic acids is 2. The van der Waals surface area contributed by atoms with Gasteiger partial charge in [-0.15, -0.1) is 0 Å². The quantitative estimate of drug-likeness (QED) is 0.328. The monoisotopic (exact) mass is 452 g/mol. The van der Waals surface area contributed by atoms with E-state index in [1.807, 2.05) is 55.5 Å². The third-order valence-electron chi connectivity index (χ3n) is 6.24. The van der Waals surface area contributed by atoms with E-state index in [1.54, 1.807) is 36.4 Å².